The largest absolute Gasteiger partial charge is 0.387 e. The molecule has 1 N–H and O–H groups in total. The van der Waals surface area contributed by atoms with Gasteiger partial charge in [0.1, 0.15) is 0 Å². The number of benzene rings is 3. The first kappa shape index (κ1) is 33.1. The minimum Gasteiger partial charge on any atom is -0.387 e. The van der Waals surface area contributed by atoms with E-state index in [1.54, 1.807) is 0 Å². The Hall–Kier alpha value is -1.42. The van der Waals surface area contributed by atoms with E-state index < -0.39 is 6.10 Å². The molecule has 0 aromatic heterocycles. The van der Waals surface area contributed by atoms with Crippen LogP contribution in [0.2, 0.25) is 0 Å². The van der Waals surface area contributed by atoms with Gasteiger partial charge in [-0.25, -0.2) is 0 Å². The molecular formula is C37H56BrNO. The zero-order chi connectivity index (χ0) is 28.6. The Morgan fingerprint density at radius 2 is 1.12 bits per heavy atom. The highest BCUT2D eigenvalue weighted by molar-refractivity contribution is 9.10. The van der Waals surface area contributed by atoms with Crippen LogP contribution in [0.3, 0.4) is 0 Å². The van der Waals surface area contributed by atoms with Crippen LogP contribution in [0.5, 0.6) is 0 Å². The molecular weight excluding hydrogens is 554 g/mol. The van der Waals surface area contributed by atoms with Crippen LogP contribution >= 0.6 is 15.9 Å². The molecule has 0 heterocycles. The summed E-state index contributed by atoms with van der Waals surface area (Å²) in [6.07, 6.45) is 21.0. The number of fused-ring (bicyclic) bond motifs is 3. The van der Waals surface area contributed by atoms with E-state index in [1.165, 1.54) is 124 Å². The summed E-state index contributed by atoms with van der Waals surface area (Å²) in [7, 11) is 0. The summed E-state index contributed by atoms with van der Waals surface area (Å²) in [6, 6.07) is 17.4. The molecule has 3 aromatic rings. The molecule has 40 heavy (non-hydrogen) atoms. The summed E-state index contributed by atoms with van der Waals surface area (Å²) in [4.78, 5) is 2.59. The lowest BCUT2D eigenvalue weighted by Gasteiger charge is -2.33. The second-order valence-electron chi connectivity index (χ2n) is 12.1. The first-order valence-electron chi connectivity index (χ1n) is 16.6. The molecule has 0 bridgehead atoms. The summed E-state index contributed by atoms with van der Waals surface area (Å²) in [6.45, 7) is 9.00. The van der Waals surface area contributed by atoms with Gasteiger partial charge < -0.3 is 5.11 Å². The van der Waals surface area contributed by atoms with Crippen molar-refractivity contribution in [3.8, 4) is 0 Å². The van der Waals surface area contributed by atoms with Gasteiger partial charge >= 0.3 is 0 Å². The van der Waals surface area contributed by atoms with Crippen molar-refractivity contribution < 1.29 is 5.11 Å². The molecule has 3 heteroatoms. The number of nitrogens with zero attached hydrogens (tertiary/aromatic N) is 1. The van der Waals surface area contributed by atoms with Crippen LogP contribution in [0.15, 0.2) is 53.0 Å². The number of hydrogen-bond donors (Lipinski definition) is 1. The summed E-state index contributed by atoms with van der Waals surface area (Å²) in [5, 5.41) is 16.5. The third-order valence-corrected chi connectivity index (χ3v) is 9.46. The number of unbranched alkanes of at least 4 members (excludes halogenated alkanes) is 14. The van der Waals surface area contributed by atoms with Crippen molar-refractivity contribution >= 4 is 37.5 Å². The zero-order valence-electron chi connectivity index (χ0n) is 25.8. The molecule has 0 radical (unpaired) electrons. The molecule has 0 aliphatic carbocycles. The van der Waals surface area contributed by atoms with Gasteiger partial charge in [-0.05, 0) is 72.1 Å². The van der Waals surface area contributed by atoms with Gasteiger partial charge in [-0.3, -0.25) is 4.90 Å². The summed E-state index contributed by atoms with van der Waals surface area (Å²) >= 11 is 3.75. The SMILES string of the molecule is CCCCCCCCCCN(CCCCCCCCCC)C(C)C(O)c1ccc2cc(Br)c3ccccc3c2c1. The molecule has 0 saturated heterocycles. The third-order valence-electron chi connectivity index (χ3n) is 8.81. The van der Waals surface area contributed by atoms with Gasteiger partial charge in [0.15, 0.2) is 0 Å². The molecule has 0 aliphatic rings. The number of rotatable bonds is 21. The molecule has 222 valence electrons. The average Bonchev–Trinajstić information content (AvgIpc) is 2.98. The van der Waals surface area contributed by atoms with Crippen molar-refractivity contribution in [2.24, 2.45) is 0 Å². The van der Waals surface area contributed by atoms with Crippen LogP contribution in [0.25, 0.3) is 21.5 Å². The molecule has 2 nitrogen and oxygen atoms in total. The molecule has 0 aliphatic heterocycles. The van der Waals surface area contributed by atoms with Crippen LogP contribution in [-0.4, -0.2) is 29.1 Å². The minimum atomic E-state index is -0.491. The predicted molar refractivity (Wildman–Crippen MR) is 180 cm³/mol. The normalized spacial score (nSPS) is 13.4. The van der Waals surface area contributed by atoms with Crippen molar-refractivity contribution in [1.29, 1.82) is 0 Å². The molecule has 2 unspecified atom stereocenters. The van der Waals surface area contributed by atoms with Crippen molar-refractivity contribution in [1.82, 2.24) is 4.90 Å². The van der Waals surface area contributed by atoms with E-state index in [0.29, 0.717) is 0 Å². The van der Waals surface area contributed by atoms with Gasteiger partial charge in [0, 0.05) is 10.5 Å². The fraction of sp³-hybridized carbons (Fsp3) is 0.622. The molecule has 0 fully saturated rings. The van der Waals surface area contributed by atoms with E-state index in [-0.39, 0.29) is 6.04 Å². The molecule has 2 atom stereocenters. The van der Waals surface area contributed by atoms with Gasteiger partial charge in [0.2, 0.25) is 0 Å². The smallest absolute Gasteiger partial charge is 0.0942 e. The van der Waals surface area contributed by atoms with Crippen LogP contribution in [0.1, 0.15) is 135 Å². The van der Waals surface area contributed by atoms with Gasteiger partial charge in [0.05, 0.1) is 6.10 Å². The van der Waals surface area contributed by atoms with Crippen molar-refractivity contribution in [2.75, 3.05) is 13.1 Å². The van der Waals surface area contributed by atoms with Crippen LogP contribution in [0, 0.1) is 0 Å². The highest BCUT2D eigenvalue weighted by Gasteiger charge is 2.23. The monoisotopic (exact) mass is 609 g/mol. The number of aliphatic hydroxyl groups excluding tert-OH is 1. The lowest BCUT2D eigenvalue weighted by atomic mass is 9.95. The quantitative estimate of drug-likeness (QED) is 0.0958. The van der Waals surface area contributed by atoms with Gasteiger partial charge in [-0.2, -0.15) is 0 Å². The van der Waals surface area contributed by atoms with E-state index in [2.05, 4.69) is 90.1 Å². The van der Waals surface area contributed by atoms with Crippen LogP contribution in [-0.2, 0) is 0 Å². The third kappa shape index (κ3) is 10.4. The minimum absolute atomic E-state index is 0.105. The fourth-order valence-electron chi connectivity index (χ4n) is 6.15. The van der Waals surface area contributed by atoms with Crippen LogP contribution in [0.4, 0.5) is 0 Å². The van der Waals surface area contributed by atoms with E-state index >= 15 is 0 Å². The molecule has 0 saturated carbocycles. The van der Waals surface area contributed by atoms with E-state index in [4.69, 9.17) is 0 Å². The Morgan fingerprint density at radius 1 is 0.625 bits per heavy atom. The zero-order valence-corrected chi connectivity index (χ0v) is 27.4. The number of aliphatic hydroxyl groups is 1. The van der Waals surface area contributed by atoms with E-state index in [9.17, 15) is 5.11 Å². The predicted octanol–water partition coefficient (Wildman–Crippen LogP) is 11.8. The number of hydrogen-bond acceptors (Lipinski definition) is 2. The highest BCUT2D eigenvalue weighted by atomic mass is 79.9. The van der Waals surface area contributed by atoms with Crippen molar-refractivity contribution in [3.63, 3.8) is 0 Å². The Bertz CT molecular complexity index is 1090. The Balaban J connectivity index is 1.62. The Labute approximate surface area is 254 Å². The van der Waals surface area contributed by atoms with Crippen molar-refractivity contribution in [3.05, 3.63) is 58.6 Å². The average molecular weight is 611 g/mol. The fourth-order valence-corrected chi connectivity index (χ4v) is 6.74. The summed E-state index contributed by atoms with van der Waals surface area (Å²) in [5.41, 5.74) is 1.03. The van der Waals surface area contributed by atoms with Gasteiger partial charge in [-0.1, -0.05) is 156 Å². The molecule has 0 spiro atoms. The lowest BCUT2D eigenvalue weighted by molar-refractivity contribution is 0.0555. The van der Waals surface area contributed by atoms with Gasteiger partial charge in [0.25, 0.3) is 0 Å². The van der Waals surface area contributed by atoms with E-state index in [0.717, 1.165) is 23.1 Å². The van der Waals surface area contributed by atoms with E-state index in [1.807, 2.05) is 0 Å². The Kier molecular flexibility index (Phi) is 15.6. The number of halogens is 1. The topological polar surface area (TPSA) is 23.5 Å². The first-order chi connectivity index (χ1) is 19.6. The molecule has 3 aromatic carbocycles. The van der Waals surface area contributed by atoms with Crippen LogP contribution < -0.4 is 0 Å². The second-order valence-corrected chi connectivity index (χ2v) is 12.9. The molecule has 3 rings (SSSR count). The maximum atomic E-state index is 11.6. The summed E-state index contributed by atoms with van der Waals surface area (Å²) in [5.74, 6) is 0. The maximum absolute atomic E-state index is 11.6. The Morgan fingerprint density at radius 3 is 1.68 bits per heavy atom. The van der Waals surface area contributed by atoms with Gasteiger partial charge in [-0.15, -0.1) is 0 Å². The first-order valence-corrected chi connectivity index (χ1v) is 17.4. The molecule has 0 amide bonds. The highest BCUT2D eigenvalue weighted by Crippen LogP contribution is 2.34. The standard InChI is InChI=1S/C37H56BrNO/c1-4-6-8-10-12-14-16-20-26-39(27-21-17-15-13-11-9-7-5-2)30(3)37(40)32-25-24-31-29-36(38)34-23-19-18-22-33(34)35(31)28-32/h18-19,22-25,28-30,37,40H,4-17,20-21,26-27H2,1-3H3. The lowest BCUT2D eigenvalue weighted by Crippen LogP contribution is -2.39. The maximum Gasteiger partial charge on any atom is 0.0942 e. The second kappa shape index (κ2) is 18.9. The van der Waals surface area contributed by atoms with Crippen molar-refractivity contribution in [2.45, 2.75) is 136 Å². The summed E-state index contributed by atoms with van der Waals surface area (Å²) < 4.78 is 1.12.